The van der Waals surface area contributed by atoms with Crippen LogP contribution in [0.15, 0.2) is 24.3 Å². The predicted molar refractivity (Wildman–Crippen MR) is 83.7 cm³/mol. The molecule has 0 aromatic heterocycles. The van der Waals surface area contributed by atoms with Crippen molar-refractivity contribution in [3.8, 4) is 0 Å². The molecule has 2 nitrogen and oxygen atoms in total. The fraction of sp³-hybridized carbons (Fsp3) is 0.647. The van der Waals surface area contributed by atoms with Gasteiger partial charge < -0.3 is 10.4 Å². The molecule has 0 saturated carbocycles. The standard InChI is InChI=1S/C17H29NO/c1-5-14(4)15-8-10-16(11-9-15)18-12-17(6-2,7-3)13-19/h8-11,14,18-19H,5-7,12-13H2,1-4H3. The van der Waals surface area contributed by atoms with Gasteiger partial charge in [-0.05, 0) is 42.9 Å². The molecule has 108 valence electrons. The van der Waals surface area contributed by atoms with Crippen LogP contribution in [0.2, 0.25) is 0 Å². The van der Waals surface area contributed by atoms with E-state index in [1.807, 2.05) is 0 Å². The summed E-state index contributed by atoms with van der Waals surface area (Å²) in [5.41, 5.74) is 2.55. The molecule has 0 aliphatic rings. The SMILES string of the molecule is CCC(C)c1ccc(NCC(CC)(CC)CO)cc1. The van der Waals surface area contributed by atoms with Crippen molar-refractivity contribution in [2.75, 3.05) is 18.5 Å². The van der Waals surface area contributed by atoms with Gasteiger partial charge in [0, 0.05) is 17.6 Å². The molecule has 0 radical (unpaired) electrons. The van der Waals surface area contributed by atoms with E-state index < -0.39 is 0 Å². The lowest BCUT2D eigenvalue weighted by Crippen LogP contribution is -2.32. The molecule has 0 aliphatic carbocycles. The van der Waals surface area contributed by atoms with E-state index in [0.29, 0.717) is 5.92 Å². The summed E-state index contributed by atoms with van der Waals surface area (Å²) in [6, 6.07) is 8.70. The monoisotopic (exact) mass is 263 g/mol. The lowest BCUT2D eigenvalue weighted by atomic mass is 9.83. The molecule has 1 aromatic carbocycles. The first-order valence-electron chi connectivity index (χ1n) is 7.55. The smallest absolute Gasteiger partial charge is 0.0504 e. The first-order valence-corrected chi connectivity index (χ1v) is 7.55. The Balaban J connectivity index is 2.63. The van der Waals surface area contributed by atoms with Crippen molar-refractivity contribution >= 4 is 5.69 Å². The van der Waals surface area contributed by atoms with E-state index in [1.165, 1.54) is 12.0 Å². The van der Waals surface area contributed by atoms with Crippen LogP contribution < -0.4 is 5.32 Å². The number of hydrogen-bond donors (Lipinski definition) is 2. The summed E-state index contributed by atoms with van der Waals surface area (Å²) in [5, 5.41) is 13.0. The topological polar surface area (TPSA) is 32.3 Å². The molecule has 0 fully saturated rings. The van der Waals surface area contributed by atoms with Gasteiger partial charge in [0.1, 0.15) is 0 Å². The van der Waals surface area contributed by atoms with Crippen LogP contribution in [-0.2, 0) is 0 Å². The van der Waals surface area contributed by atoms with Crippen molar-refractivity contribution in [1.82, 2.24) is 0 Å². The summed E-state index contributed by atoms with van der Waals surface area (Å²) in [7, 11) is 0. The van der Waals surface area contributed by atoms with Crippen LogP contribution >= 0.6 is 0 Å². The molecule has 2 N–H and O–H groups in total. The van der Waals surface area contributed by atoms with Gasteiger partial charge in [-0.25, -0.2) is 0 Å². The molecule has 1 aromatic rings. The molecular formula is C17H29NO. The second kappa shape index (κ2) is 7.54. The largest absolute Gasteiger partial charge is 0.396 e. The van der Waals surface area contributed by atoms with Gasteiger partial charge in [-0.15, -0.1) is 0 Å². The highest BCUT2D eigenvalue weighted by Crippen LogP contribution is 2.27. The zero-order valence-electron chi connectivity index (χ0n) is 12.9. The summed E-state index contributed by atoms with van der Waals surface area (Å²) < 4.78 is 0. The number of nitrogens with one attached hydrogen (secondary N) is 1. The number of rotatable bonds is 8. The van der Waals surface area contributed by atoms with Gasteiger partial charge in [-0.3, -0.25) is 0 Å². The van der Waals surface area contributed by atoms with Crippen molar-refractivity contribution in [3.63, 3.8) is 0 Å². The van der Waals surface area contributed by atoms with E-state index in [9.17, 15) is 5.11 Å². The maximum absolute atomic E-state index is 9.56. The van der Waals surface area contributed by atoms with Crippen molar-refractivity contribution < 1.29 is 5.11 Å². The minimum absolute atomic E-state index is 0.00931. The molecule has 0 aliphatic heterocycles. The minimum atomic E-state index is 0.00931. The molecule has 1 unspecified atom stereocenters. The van der Waals surface area contributed by atoms with E-state index in [-0.39, 0.29) is 12.0 Å². The average Bonchev–Trinajstić information content (AvgIpc) is 2.49. The van der Waals surface area contributed by atoms with Crippen LogP contribution in [0, 0.1) is 5.41 Å². The highest BCUT2D eigenvalue weighted by atomic mass is 16.3. The quantitative estimate of drug-likeness (QED) is 0.728. The molecule has 1 rings (SSSR count). The van der Waals surface area contributed by atoms with Gasteiger partial charge in [0.25, 0.3) is 0 Å². The van der Waals surface area contributed by atoms with E-state index in [4.69, 9.17) is 0 Å². The number of aliphatic hydroxyl groups is 1. The minimum Gasteiger partial charge on any atom is -0.396 e. The molecule has 0 bridgehead atoms. The highest BCUT2D eigenvalue weighted by Gasteiger charge is 2.24. The molecule has 0 heterocycles. The summed E-state index contributed by atoms with van der Waals surface area (Å²) >= 11 is 0. The number of aliphatic hydroxyl groups excluding tert-OH is 1. The van der Waals surface area contributed by atoms with E-state index in [2.05, 4.69) is 57.3 Å². The van der Waals surface area contributed by atoms with Crippen LogP contribution in [0.5, 0.6) is 0 Å². The lowest BCUT2D eigenvalue weighted by molar-refractivity contribution is 0.127. The molecule has 0 saturated heterocycles. The van der Waals surface area contributed by atoms with Gasteiger partial charge in [0.15, 0.2) is 0 Å². The maximum Gasteiger partial charge on any atom is 0.0504 e. The predicted octanol–water partition coefficient (Wildman–Crippen LogP) is 4.41. The summed E-state index contributed by atoms with van der Waals surface area (Å²) in [5.74, 6) is 0.622. The van der Waals surface area contributed by atoms with Crippen LogP contribution in [0.25, 0.3) is 0 Å². The average molecular weight is 263 g/mol. The molecular weight excluding hydrogens is 234 g/mol. The summed E-state index contributed by atoms with van der Waals surface area (Å²) in [4.78, 5) is 0. The first-order chi connectivity index (χ1) is 9.10. The third-order valence-electron chi connectivity index (χ3n) is 4.60. The van der Waals surface area contributed by atoms with Crippen molar-refractivity contribution in [2.45, 2.75) is 52.9 Å². The van der Waals surface area contributed by atoms with Gasteiger partial charge in [-0.1, -0.05) is 39.8 Å². The van der Waals surface area contributed by atoms with E-state index in [1.54, 1.807) is 0 Å². The Hall–Kier alpha value is -1.02. The van der Waals surface area contributed by atoms with Gasteiger partial charge in [0.2, 0.25) is 0 Å². The van der Waals surface area contributed by atoms with Crippen molar-refractivity contribution in [2.24, 2.45) is 5.41 Å². The van der Waals surface area contributed by atoms with Crippen molar-refractivity contribution in [3.05, 3.63) is 29.8 Å². The fourth-order valence-corrected chi connectivity index (χ4v) is 2.23. The van der Waals surface area contributed by atoms with Crippen LogP contribution in [0.4, 0.5) is 5.69 Å². The first kappa shape index (κ1) is 16.0. The zero-order chi connectivity index (χ0) is 14.3. The zero-order valence-corrected chi connectivity index (χ0v) is 12.9. The number of hydrogen-bond acceptors (Lipinski definition) is 2. The maximum atomic E-state index is 9.56. The van der Waals surface area contributed by atoms with Gasteiger partial charge in [-0.2, -0.15) is 0 Å². The van der Waals surface area contributed by atoms with E-state index in [0.717, 1.165) is 25.1 Å². The van der Waals surface area contributed by atoms with Crippen molar-refractivity contribution in [1.29, 1.82) is 0 Å². The van der Waals surface area contributed by atoms with E-state index >= 15 is 0 Å². The van der Waals surface area contributed by atoms with Crippen LogP contribution in [0.1, 0.15) is 58.4 Å². The second-order valence-corrected chi connectivity index (χ2v) is 5.65. The van der Waals surface area contributed by atoms with Crippen LogP contribution in [-0.4, -0.2) is 18.3 Å². The molecule has 19 heavy (non-hydrogen) atoms. The Morgan fingerprint density at radius 1 is 1.11 bits per heavy atom. The Morgan fingerprint density at radius 3 is 2.11 bits per heavy atom. The Kier molecular flexibility index (Phi) is 6.36. The fourth-order valence-electron chi connectivity index (χ4n) is 2.23. The second-order valence-electron chi connectivity index (χ2n) is 5.65. The lowest BCUT2D eigenvalue weighted by Gasteiger charge is -2.30. The normalized spacial score (nSPS) is 13.3. The summed E-state index contributed by atoms with van der Waals surface area (Å²) in [6.45, 7) is 9.85. The number of benzene rings is 1. The third-order valence-corrected chi connectivity index (χ3v) is 4.60. The number of anilines is 1. The molecule has 1 atom stereocenters. The highest BCUT2D eigenvalue weighted by molar-refractivity contribution is 5.45. The molecule has 0 amide bonds. The summed E-state index contributed by atoms with van der Waals surface area (Å²) in [6.07, 6.45) is 3.17. The Bertz CT molecular complexity index is 346. The third kappa shape index (κ3) is 4.24. The molecule has 2 heteroatoms. The van der Waals surface area contributed by atoms with Crippen LogP contribution in [0.3, 0.4) is 0 Å². The molecule has 0 spiro atoms. The van der Waals surface area contributed by atoms with Gasteiger partial charge >= 0.3 is 0 Å². The van der Waals surface area contributed by atoms with Gasteiger partial charge in [0.05, 0.1) is 6.61 Å². The Morgan fingerprint density at radius 2 is 1.68 bits per heavy atom. The Labute approximate surface area is 118 Å².